The number of ether oxygens (including phenoxy) is 3. The second-order valence-electron chi connectivity index (χ2n) is 3.95. The summed E-state index contributed by atoms with van der Waals surface area (Å²) in [5, 5.41) is 2.73. The summed E-state index contributed by atoms with van der Waals surface area (Å²) in [5.74, 6) is 0.261. The molecule has 0 saturated carbocycles. The van der Waals surface area contributed by atoms with E-state index in [0.29, 0.717) is 30.3 Å². The predicted molar refractivity (Wildman–Crippen MR) is 73.3 cm³/mol. The molecule has 0 bridgehead atoms. The minimum atomic E-state index is -0.572. The number of benzene rings is 1. The second-order valence-corrected chi connectivity index (χ2v) is 3.95. The maximum atomic E-state index is 11.9. The first-order chi connectivity index (χ1) is 9.08. The molecule has 1 atom stereocenters. The highest BCUT2D eigenvalue weighted by Gasteiger charge is 2.15. The van der Waals surface area contributed by atoms with E-state index in [4.69, 9.17) is 19.9 Å². The van der Waals surface area contributed by atoms with Crippen molar-refractivity contribution in [2.75, 3.05) is 38.5 Å². The number of nitrogens with two attached hydrogens (primary N) is 1. The van der Waals surface area contributed by atoms with Gasteiger partial charge >= 0.3 is 0 Å². The fourth-order valence-electron chi connectivity index (χ4n) is 1.43. The van der Waals surface area contributed by atoms with E-state index >= 15 is 0 Å². The van der Waals surface area contributed by atoms with E-state index in [1.807, 2.05) is 0 Å². The fourth-order valence-corrected chi connectivity index (χ4v) is 1.43. The summed E-state index contributed by atoms with van der Waals surface area (Å²) in [7, 11) is 3.09. The van der Waals surface area contributed by atoms with Crippen molar-refractivity contribution < 1.29 is 19.0 Å². The van der Waals surface area contributed by atoms with Gasteiger partial charge in [0.25, 0.3) is 5.91 Å². The molecular weight excluding hydrogens is 248 g/mol. The van der Waals surface area contributed by atoms with Crippen LogP contribution in [0.5, 0.6) is 5.75 Å². The Morgan fingerprint density at radius 3 is 2.74 bits per heavy atom. The monoisotopic (exact) mass is 268 g/mol. The average Bonchev–Trinajstić information content (AvgIpc) is 2.40. The zero-order valence-electron chi connectivity index (χ0n) is 11.4. The molecular formula is C13H20N2O4. The van der Waals surface area contributed by atoms with E-state index in [-0.39, 0.29) is 5.91 Å². The maximum absolute atomic E-state index is 11.9. The zero-order chi connectivity index (χ0) is 14.3. The van der Waals surface area contributed by atoms with Crippen molar-refractivity contribution in [1.29, 1.82) is 0 Å². The molecule has 1 aromatic carbocycles. The van der Waals surface area contributed by atoms with Gasteiger partial charge in [0.1, 0.15) is 11.9 Å². The Morgan fingerprint density at radius 1 is 1.37 bits per heavy atom. The number of nitrogen functional groups attached to an aromatic ring is 1. The third-order valence-electron chi connectivity index (χ3n) is 2.51. The van der Waals surface area contributed by atoms with Gasteiger partial charge in [-0.15, -0.1) is 0 Å². The maximum Gasteiger partial charge on any atom is 0.253 e. The summed E-state index contributed by atoms with van der Waals surface area (Å²) >= 11 is 0. The molecule has 0 aliphatic carbocycles. The molecule has 3 N–H and O–H groups in total. The summed E-state index contributed by atoms with van der Waals surface area (Å²) in [6.45, 7) is 2.49. The highest BCUT2D eigenvalue weighted by atomic mass is 16.5. The van der Waals surface area contributed by atoms with Crippen LogP contribution in [0.15, 0.2) is 18.2 Å². The number of amides is 1. The van der Waals surface area contributed by atoms with E-state index in [1.165, 1.54) is 7.11 Å². The van der Waals surface area contributed by atoms with E-state index in [2.05, 4.69) is 5.32 Å². The van der Waals surface area contributed by atoms with Crippen LogP contribution in [-0.2, 0) is 14.3 Å². The molecule has 1 unspecified atom stereocenters. The number of carbonyl (C=O) groups is 1. The summed E-state index contributed by atoms with van der Waals surface area (Å²) in [5.41, 5.74) is 6.77. The van der Waals surface area contributed by atoms with E-state index in [1.54, 1.807) is 32.2 Å². The van der Waals surface area contributed by atoms with Gasteiger partial charge in [0.05, 0.1) is 26.0 Å². The molecule has 1 amide bonds. The third kappa shape index (κ3) is 4.76. The highest BCUT2D eigenvalue weighted by Crippen LogP contribution is 2.26. The molecule has 1 aromatic rings. The van der Waals surface area contributed by atoms with Gasteiger partial charge in [-0.05, 0) is 19.1 Å². The Bertz CT molecular complexity index is 423. The third-order valence-corrected chi connectivity index (χ3v) is 2.51. The van der Waals surface area contributed by atoms with Crippen molar-refractivity contribution in [1.82, 2.24) is 0 Å². The normalized spacial score (nSPS) is 11.9. The van der Waals surface area contributed by atoms with Crippen LogP contribution in [0.25, 0.3) is 0 Å². The predicted octanol–water partition coefficient (Wildman–Crippen LogP) is 1.27. The van der Waals surface area contributed by atoms with Crippen LogP contribution < -0.4 is 15.8 Å². The first-order valence-corrected chi connectivity index (χ1v) is 5.93. The molecule has 6 nitrogen and oxygen atoms in total. The molecule has 0 aliphatic rings. The summed E-state index contributed by atoms with van der Waals surface area (Å²) in [6.07, 6.45) is -0.572. The molecule has 1 rings (SSSR count). The Labute approximate surface area is 112 Å². The molecule has 0 saturated heterocycles. The molecule has 0 aliphatic heterocycles. The number of nitrogens with one attached hydrogen (secondary N) is 1. The minimum Gasteiger partial charge on any atom is -0.494 e. The van der Waals surface area contributed by atoms with Crippen molar-refractivity contribution in [2.45, 2.75) is 13.0 Å². The highest BCUT2D eigenvalue weighted by molar-refractivity contribution is 5.95. The molecule has 106 valence electrons. The number of methoxy groups -OCH3 is 2. The molecule has 0 fully saturated rings. The Balaban J connectivity index is 2.61. The smallest absolute Gasteiger partial charge is 0.253 e. The van der Waals surface area contributed by atoms with Gasteiger partial charge in [-0.3, -0.25) is 4.79 Å². The summed E-state index contributed by atoms with van der Waals surface area (Å²) < 4.78 is 15.3. The first-order valence-electron chi connectivity index (χ1n) is 5.93. The molecule has 0 aromatic heterocycles. The molecule has 19 heavy (non-hydrogen) atoms. The zero-order valence-corrected chi connectivity index (χ0v) is 11.4. The van der Waals surface area contributed by atoms with Crippen molar-refractivity contribution in [3.05, 3.63) is 18.2 Å². The number of rotatable bonds is 7. The molecule has 0 heterocycles. The van der Waals surface area contributed by atoms with Gasteiger partial charge in [0.15, 0.2) is 0 Å². The number of hydrogen-bond donors (Lipinski definition) is 2. The average molecular weight is 268 g/mol. The van der Waals surface area contributed by atoms with Gasteiger partial charge in [-0.2, -0.15) is 0 Å². The Morgan fingerprint density at radius 2 is 2.11 bits per heavy atom. The minimum absolute atomic E-state index is 0.251. The van der Waals surface area contributed by atoms with Gasteiger partial charge in [-0.25, -0.2) is 0 Å². The molecule has 6 heteroatoms. The lowest BCUT2D eigenvalue weighted by atomic mass is 10.2. The van der Waals surface area contributed by atoms with Crippen molar-refractivity contribution >= 4 is 17.3 Å². The largest absolute Gasteiger partial charge is 0.494 e. The van der Waals surface area contributed by atoms with E-state index in [9.17, 15) is 4.79 Å². The molecule has 0 radical (unpaired) electrons. The van der Waals surface area contributed by atoms with Gasteiger partial charge in [0, 0.05) is 18.9 Å². The summed E-state index contributed by atoms with van der Waals surface area (Å²) in [4.78, 5) is 11.9. The van der Waals surface area contributed by atoms with E-state index in [0.717, 1.165) is 0 Å². The van der Waals surface area contributed by atoms with Crippen LogP contribution in [0, 0.1) is 0 Å². The fraction of sp³-hybridized carbons (Fsp3) is 0.462. The number of hydrogen-bond acceptors (Lipinski definition) is 5. The first kappa shape index (κ1) is 15.3. The van der Waals surface area contributed by atoms with Crippen LogP contribution in [0.1, 0.15) is 6.92 Å². The van der Waals surface area contributed by atoms with Crippen molar-refractivity contribution in [2.24, 2.45) is 0 Å². The van der Waals surface area contributed by atoms with Crippen molar-refractivity contribution in [3.63, 3.8) is 0 Å². The Kier molecular flexibility index (Phi) is 6.11. The number of anilines is 2. The van der Waals surface area contributed by atoms with Crippen LogP contribution in [0.2, 0.25) is 0 Å². The lowest BCUT2D eigenvalue weighted by Gasteiger charge is -2.15. The quantitative estimate of drug-likeness (QED) is 0.574. The lowest BCUT2D eigenvalue weighted by molar-refractivity contribution is -0.127. The topological polar surface area (TPSA) is 82.8 Å². The van der Waals surface area contributed by atoms with Crippen LogP contribution in [-0.4, -0.2) is 39.4 Å². The van der Waals surface area contributed by atoms with Gasteiger partial charge in [0.2, 0.25) is 0 Å². The SMILES string of the molecule is COCCOC(C)C(=O)Nc1ccc(N)cc1OC. The van der Waals surface area contributed by atoms with Crippen LogP contribution >= 0.6 is 0 Å². The lowest BCUT2D eigenvalue weighted by Crippen LogP contribution is -2.29. The number of carbonyl (C=O) groups excluding carboxylic acids is 1. The van der Waals surface area contributed by atoms with E-state index < -0.39 is 6.10 Å². The molecule has 0 spiro atoms. The van der Waals surface area contributed by atoms with Crippen LogP contribution in [0.4, 0.5) is 11.4 Å². The summed E-state index contributed by atoms with van der Waals surface area (Å²) in [6, 6.07) is 5.02. The second kappa shape index (κ2) is 7.60. The standard InChI is InChI=1S/C13H20N2O4/c1-9(19-7-6-17-2)13(16)15-11-5-4-10(14)8-12(11)18-3/h4-5,8-9H,6-7,14H2,1-3H3,(H,15,16). The van der Waals surface area contributed by atoms with Gasteiger partial charge < -0.3 is 25.3 Å². The van der Waals surface area contributed by atoms with Gasteiger partial charge in [-0.1, -0.05) is 0 Å². The Hall–Kier alpha value is -1.79. The van der Waals surface area contributed by atoms with Crippen molar-refractivity contribution in [3.8, 4) is 5.75 Å². The van der Waals surface area contributed by atoms with Crippen LogP contribution in [0.3, 0.4) is 0 Å².